The van der Waals surface area contributed by atoms with Crippen LogP contribution in [0.25, 0.3) is 0 Å². The molecule has 9 nitrogen and oxygen atoms in total. The van der Waals surface area contributed by atoms with Crippen LogP contribution in [0.15, 0.2) is 69.7 Å². The predicted octanol–water partition coefficient (Wildman–Crippen LogP) is 3.01. The SMILES string of the molecule is N[C@H](C(=O)NS(=O)(=O)c1ccc(C2(C(F)(F)F)N=N2)cc1)c1ccccc1.O=C(O)C(F)(F)F. The summed E-state index contributed by atoms with van der Waals surface area (Å²) in [6, 6.07) is 10.7. The maximum atomic E-state index is 13.0. The summed E-state index contributed by atoms with van der Waals surface area (Å²) in [6.07, 6.45) is -9.80. The molecule has 0 saturated heterocycles. The average molecular weight is 512 g/mol. The van der Waals surface area contributed by atoms with E-state index in [0.29, 0.717) is 5.56 Å². The van der Waals surface area contributed by atoms with Gasteiger partial charge in [0.05, 0.1) is 4.90 Å². The number of halogens is 6. The fourth-order valence-corrected chi connectivity index (χ4v) is 3.38. The van der Waals surface area contributed by atoms with Crippen LogP contribution in [0.3, 0.4) is 0 Å². The third-order valence-electron chi connectivity index (χ3n) is 4.18. The van der Waals surface area contributed by atoms with E-state index in [0.717, 1.165) is 24.3 Å². The summed E-state index contributed by atoms with van der Waals surface area (Å²) in [5.41, 5.74) is 3.18. The highest BCUT2D eigenvalue weighted by Gasteiger charge is 2.65. The number of aliphatic carboxylic acids is 1. The second-order valence-electron chi connectivity index (χ2n) is 6.56. The van der Waals surface area contributed by atoms with Crippen molar-refractivity contribution in [3.8, 4) is 0 Å². The van der Waals surface area contributed by atoms with E-state index in [1.807, 2.05) is 4.72 Å². The highest BCUT2D eigenvalue weighted by atomic mass is 32.2. The standard InChI is InChI=1S/C16H13F3N4O3S.C2HF3O2/c17-16(18,19)15(22-23-15)11-6-8-12(9-7-11)27(25,26)21-14(24)13(20)10-4-2-1-3-5-10;3-2(4,5)1(6)7/h1-9,13H,20H2,(H,21,24);(H,6,7)/t13-;/m0./s1. The molecule has 0 fully saturated rings. The highest BCUT2D eigenvalue weighted by Crippen LogP contribution is 2.52. The zero-order chi connectivity index (χ0) is 25.9. The molecule has 4 N–H and O–H groups in total. The molecule has 3 rings (SSSR count). The third kappa shape index (κ3) is 6.07. The van der Waals surface area contributed by atoms with Gasteiger partial charge in [-0.1, -0.05) is 42.5 Å². The summed E-state index contributed by atoms with van der Waals surface area (Å²) < 4.78 is 97.0. The lowest BCUT2D eigenvalue weighted by Crippen LogP contribution is -2.38. The van der Waals surface area contributed by atoms with Crippen LogP contribution in [0.2, 0.25) is 0 Å². The molecule has 1 aliphatic heterocycles. The first-order chi connectivity index (χ1) is 15.5. The Kier molecular flexibility index (Phi) is 7.37. The minimum absolute atomic E-state index is 0.318. The first-order valence-corrected chi connectivity index (χ1v) is 10.3. The second-order valence-corrected chi connectivity index (χ2v) is 8.24. The first-order valence-electron chi connectivity index (χ1n) is 8.80. The van der Waals surface area contributed by atoms with Crippen LogP contribution in [-0.2, 0) is 25.3 Å². The van der Waals surface area contributed by atoms with Crippen molar-refractivity contribution in [3.05, 3.63) is 65.7 Å². The van der Waals surface area contributed by atoms with Gasteiger partial charge >= 0.3 is 24.0 Å². The molecule has 1 atom stereocenters. The second kappa shape index (κ2) is 9.38. The van der Waals surface area contributed by atoms with E-state index in [-0.39, 0.29) is 5.56 Å². The van der Waals surface area contributed by atoms with E-state index in [4.69, 9.17) is 15.6 Å². The molecule has 16 heteroatoms. The molecular weight excluding hydrogens is 498 g/mol. The van der Waals surface area contributed by atoms with Crippen molar-refractivity contribution >= 4 is 21.9 Å². The minimum Gasteiger partial charge on any atom is -0.475 e. The Morgan fingerprint density at radius 2 is 1.41 bits per heavy atom. The van der Waals surface area contributed by atoms with Crippen molar-refractivity contribution in [3.63, 3.8) is 0 Å². The van der Waals surface area contributed by atoms with Crippen LogP contribution in [-0.4, -0.2) is 37.8 Å². The number of benzene rings is 2. The molecular formula is C18H14F6N4O5S. The zero-order valence-electron chi connectivity index (χ0n) is 16.5. The van der Waals surface area contributed by atoms with E-state index in [9.17, 15) is 39.6 Å². The molecule has 0 radical (unpaired) electrons. The molecule has 1 aliphatic rings. The maximum absolute atomic E-state index is 13.0. The van der Waals surface area contributed by atoms with Crippen LogP contribution >= 0.6 is 0 Å². The normalized spacial score (nSPS) is 15.5. The van der Waals surface area contributed by atoms with Gasteiger partial charge in [0.2, 0.25) is 0 Å². The number of hydrogen-bond acceptors (Lipinski definition) is 7. The highest BCUT2D eigenvalue weighted by molar-refractivity contribution is 7.90. The molecule has 0 spiro atoms. The van der Waals surface area contributed by atoms with E-state index < -0.39 is 50.9 Å². The molecule has 0 aliphatic carbocycles. The van der Waals surface area contributed by atoms with Crippen molar-refractivity contribution in [1.82, 2.24) is 4.72 Å². The molecule has 0 aromatic heterocycles. The number of hydrogen-bond donors (Lipinski definition) is 3. The maximum Gasteiger partial charge on any atom is 0.490 e. The Morgan fingerprint density at radius 1 is 0.941 bits per heavy atom. The predicted molar refractivity (Wildman–Crippen MR) is 101 cm³/mol. The molecule has 0 unspecified atom stereocenters. The van der Waals surface area contributed by atoms with Gasteiger partial charge in [0.25, 0.3) is 15.9 Å². The van der Waals surface area contributed by atoms with Crippen molar-refractivity contribution in [2.24, 2.45) is 16.0 Å². The number of nitrogens with zero attached hydrogens (tertiary/aromatic N) is 2. The Balaban J connectivity index is 0.000000509. The van der Waals surface area contributed by atoms with Gasteiger partial charge < -0.3 is 10.8 Å². The number of nitrogens with two attached hydrogens (primary N) is 1. The van der Waals surface area contributed by atoms with Crippen molar-refractivity contribution < 1.29 is 49.5 Å². The molecule has 34 heavy (non-hydrogen) atoms. The number of carboxylic acid groups (broad SMARTS) is 1. The molecule has 184 valence electrons. The summed E-state index contributed by atoms with van der Waals surface area (Å²) in [7, 11) is -4.31. The van der Waals surface area contributed by atoms with Gasteiger partial charge in [0.1, 0.15) is 6.04 Å². The van der Waals surface area contributed by atoms with Crippen molar-refractivity contribution in [2.75, 3.05) is 0 Å². The number of alkyl halides is 6. The monoisotopic (exact) mass is 512 g/mol. The van der Waals surface area contributed by atoms with Crippen LogP contribution in [0.5, 0.6) is 0 Å². The summed E-state index contributed by atoms with van der Waals surface area (Å²) >= 11 is 0. The number of rotatable bonds is 5. The zero-order valence-corrected chi connectivity index (χ0v) is 17.3. The van der Waals surface area contributed by atoms with Gasteiger partial charge in [-0.15, -0.1) is 10.2 Å². The van der Waals surface area contributed by atoms with Crippen LogP contribution in [0, 0.1) is 0 Å². The van der Waals surface area contributed by atoms with E-state index in [2.05, 4.69) is 10.2 Å². The first kappa shape index (κ1) is 26.7. The van der Waals surface area contributed by atoms with Crippen molar-refractivity contribution in [1.29, 1.82) is 0 Å². The smallest absolute Gasteiger partial charge is 0.475 e. The van der Waals surface area contributed by atoms with Gasteiger partial charge in [0.15, 0.2) is 0 Å². The number of carboxylic acids is 1. The minimum atomic E-state index is -5.08. The Labute approximate surface area is 187 Å². The summed E-state index contributed by atoms with van der Waals surface area (Å²) in [4.78, 5) is 20.6. The average Bonchev–Trinajstić information content (AvgIpc) is 3.55. The molecule has 2 aromatic carbocycles. The number of carbonyl (C=O) groups excluding carboxylic acids is 1. The topological polar surface area (TPSA) is 151 Å². The fourth-order valence-electron chi connectivity index (χ4n) is 2.38. The largest absolute Gasteiger partial charge is 0.490 e. The lowest BCUT2D eigenvalue weighted by molar-refractivity contribution is -0.192. The lowest BCUT2D eigenvalue weighted by atomic mass is 10.0. The molecule has 1 amide bonds. The number of carbonyl (C=O) groups is 2. The van der Waals surface area contributed by atoms with Crippen molar-refractivity contribution in [2.45, 2.75) is 29.0 Å². The fraction of sp³-hybridized carbons (Fsp3) is 0.222. The van der Waals surface area contributed by atoms with Gasteiger partial charge in [-0.25, -0.2) is 17.9 Å². The van der Waals surface area contributed by atoms with Crippen LogP contribution in [0.1, 0.15) is 17.2 Å². The lowest BCUT2D eigenvalue weighted by Gasteiger charge is -2.16. The number of sulfonamides is 1. The van der Waals surface area contributed by atoms with Crippen LogP contribution in [0.4, 0.5) is 26.3 Å². The summed E-state index contributed by atoms with van der Waals surface area (Å²) in [5, 5.41) is 13.2. The third-order valence-corrected chi connectivity index (χ3v) is 5.54. The van der Waals surface area contributed by atoms with Crippen LogP contribution < -0.4 is 10.5 Å². The van der Waals surface area contributed by atoms with Gasteiger partial charge in [0, 0.05) is 5.56 Å². The van der Waals surface area contributed by atoms with Gasteiger partial charge in [-0.2, -0.15) is 26.3 Å². The Hall–Kier alpha value is -3.53. The quantitative estimate of drug-likeness (QED) is 0.524. The summed E-state index contributed by atoms with van der Waals surface area (Å²) in [5.74, 6) is -3.73. The Morgan fingerprint density at radius 3 is 1.79 bits per heavy atom. The molecule has 2 aromatic rings. The molecule has 0 saturated carbocycles. The number of nitrogens with one attached hydrogen (secondary N) is 1. The molecule has 1 heterocycles. The van der Waals surface area contributed by atoms with Gasteiger partial charge in [-0.05, 0) is 17.7 Å². The number of amides is 1. The van der Waals surface area contributed by atoms with E-state index >= 15 is 0 Å². The molecule has 0 bridgehead atoms. The van der Waals surface area contributed by atoms with E-state index in [1.54, 1.807) is 30.3 Å². The van der Waals surface area contributed by atoms with Gasteiger partial charge in [-0.3, -0.25) is 4.79 Å². The van der Waals surface area contributed by atoms with E-state index in [1.165, 1.54) is 0 Å². The Bertz CT molecular complexity index is 1180. The summed E-state index contributed by atoms with van der Waals surface area (Å²) in [6.45, 7) is 0.